The van der Waals surface area contributed by atoms with Crippen LogP contribution in [-0.4, -0.2) is 11.5 Å². The lowest BCUT2D eigenvalue weighted by atomic mass is 10.1. The molecule has 0 saturated carbocycles. The highest BCUT2D eigenvalue weighted by molar-refractivity contribution is 5.28. The Hall–Kier alpha value is -1.40. The van der Waals surface area contributed by atoms with Crippen LogP contribution in [0.4, 0.5) is 0 Å². The molecule has 1 aromatic rings. The molecule has 1 aromatic heterocycles. The molecule has 3 nitrogen and oxygen atoms in total. The van der Waals surface area contributed by atoms with Crippen LogP contribution < -0.4 is 5.32 Å². The summed E-state index contributed by atoms with van der Waals surface area (Å²) in [5, 5.41) is 12.0. The van der Waals surface area contributed by atoms with Crippen LogP contribution in [0, 0.1) is 18.3 Å². The fourth-order valence-electron chi connectivity index (χ4n) is 1.21. The zero-order valence-corrected chi connectivity index (χ0v) is 7.91. The SMILES string of the molecule is CCNC(C#N)c1cnccc1C. The van der Waals surface area contributed by atoms with Crippen LogP contribution in [0.2, 0.25) is 0 Å². The Morgan fingerprint density at radius 2 is 2.46 bits per heavy atom. The van der Waals surface area contributed by atoms with Crippen molar-refractivity contribution >= 4 is 0 Å². The summed E-state index contributed by atoms with van der Waals surface area (Å²) in [4.78, 5) is 4.01. The Morgan fingerprint density at radius 1 is 1.69 bits per heavy atom. The molecular weight excluding hydrogens is 162 g/mol. The van der Waals surface area contributed by atoms with Gasteiger partial charge in [0, 0.05) is 18.0 Å². The molecule has 0 aliphatic heterocycles. The fourth-order valence-corrected chi connectivity index (χ4v) is 1.21. The van der Waals surface area contributed by atoms with Gasteiger partial charge in [-0.25, -0.2) is 0 Å². The van der Waals surface area contributed by atoms with Crippen LogP contribution in [0.25, 0.3) is 0 Å². The zero-order valence-electron chi connectivity index (χ0n) is 7.91. The average Bonchev–Trinajstić information content (AvgIpc) is 2.16. The second kappa shape index (κ2) is 4.58. The van der Waals surface area contributed by atoms with Crippen LogP contribution in [0.1, 0.15) is 24.1 Å². The Labute approximate surface area is 78.4 Å². The molecule has 3 heteroatoms. The maximum absolute atomic E-state index is 8.89. The standard InChI is InChI=1S/C10H13N3/c1-3-13-10(6-11)9-7-12-5-4-8(9)2/h4-5,7,10,13H,3H2,1-2H3. The van der Waals surface area contributed by atoms with E-state index in [4.69, 9.17) is 5.26 Å². The number of rotatable bonds is 3. The minimum atomic E-state index is -0.237. The highest BCUT2D eigenvalue weighted by Crippen LogP contribution is 2.14. The van der Waals surface area contributed by atoms with Crippen LogP contribution in [0.3, 0.4) is 0 Å². The number of hydrogen-bond donors (Lipinski definition) is 1. The first kappa shape index (κ1) is 9.69. The molecule has 0 bridgehead atoms. The molecule has 1 atom stereocenters. The molecule has 0 aliphatic carbocycles. The van der Waals surface area contributed by atoms with E-state index < -0.39 is 0 Å². The fraction of sp³-hybridized carbons (Fsp3) is 0.400. The van der Waals surface area contributed by atoms with Crippen molar-refractivity contribution in [3.63, 3.8) is 0 Å². The Bertz CT molecular complexity index is 314. The second-order valence-electron chi connectivity index (χ2n) is 2.85. The van der Waals surface area contributed by atoms with Crippen molar-refractivity contribution < 1.29 is 0 Å². The van der Waals surface area contributed by atoms with Gasteiger partial charge in [-0.2, -0.15) is 5.26 Å². The molecule has 0 spiro atoms. The van der Waals surface area contributed by atoms with Gasteiger partial charge in [0.2, 0.25) is 0 Å². The van der Waals surface area contributed by atoms with E-state index in [-0.39, 0.29) is 6.04 Å². The molecule has 1 heterocycles. The highest BCUT2D eigenvalue weighted by Gasteiger charge is 2.10. The minimum Gasteiger partial charge on any atom is -0.298 e. The summed E-state index contributed by atoms with van der Waals surface area (Å²) in [6, 6.07) is 3.89. The third kappa shape index (κ3) is 2.27. The van der Waals surface area contributed by atoms with Crippen LogP contribution in [-0.2, 0) is 0 Å². The second-order valence-corrected chi connectivity index (χ2v) is 2.85. The van der Waals surface area contributed by atoms with Crippen molar-refractivity contribution in [3.05, 3.63) is 29.6 Å². The van der Waals surface area contributed by atoms with Gasteiger partial charge >= 0.3 is 0 Å². The molecule has 0 aromatic carbocycles. The summed E-state index contributed by atoms with van der Waals surface area (Å²) in [6.07, 6.45) is 3.48. The van der Waals surface area contributed by atoms with Gasteiger partial charge in [0.25, 0.3) is 0 Å². The van der Waals surface area contributed by atoms with Crippen molar-refractivity contribution in [2.45, 2.75) is 19.9 Å². The van der Waals surface area contributed by atoms with E-state index in [1.54, 1.807) is 12.4 Å². The van der Waals surface area contributed by atoms with E-state index >= 15 is 0 Å². The predicted octanol–water partition coefficient (Wildman–Crippen LogP) is 1.56. The molecule has 1 unspecified atom stereocenters. The third-order valence-corrected chi connectivity index (χ3v) is 1.93. The Kier molecular flexibility index (Phi) is 3.41. The third-order valence-electron chi connectivity index (χ3n) is 1.93. The monoisotopic (exact) mass is 175 g/mol. The molecule has 0 amide bonds. The highest BCUT2D eigenvalue weighted by atomic mass is 14.9. The van der Waals surface area contributed by atoms with E-state index in [9.17, 15) is 0 Å². The smallest absolute Gasteiger partial charge is 0.123 e. The van der Waals surface area contributed by atoms with Crippen LogP contribution >= 0.6 is 0 Å². The van der Waals surface area contributed by atoms with Crippen molar-refractivity contribution in [1.29, 1.82) is 5.26 Å². The molecule has 13 heavy (non-hydrogen) atoms. The van der Waals surface area contributed by atoms with E-state index in [1.165, 1.54) is 0 Å². The Morgan fingerprint density at radius 3 is 3.00 bits per heavy atom. The lowest BCUT2D eigenvalue weighted by molar-refractivity contribution is 0.653. The summed E-state index contributed by atoms with van der Waals surface area (Å²) >= 11 is 0. The first-order valence-electron chi connectivity index (χ1n) is 4.33. The number of aromatic nitrogens is 1. The molecular formula is C10H13N3. The normalized spacial score (nSPS) is 12.1. The topological polar surface area (TPSA) is 48.7 Å². The lowest BCUT2D eigenvalue weighted by Gasteiger charge is -2.11. The summed E-state index contributed by atoms with van der Waals surface area (Å²) in [5.74, 6) is 0. The first-order chi connectivity index (χ1) is 6.29. The van der Waals surface area contributed by atoms with Gasteiger partial charge in [-0.15, -0.1) is 0 Å². The predicted molar refractivity (Wildman–Crippen MR) is 51.0 cm³/mol. The van der Waals surface area contributed by atoms with Gasteiger partial charge < -0.3 is 0 Å². The summed E-state index contributed by atoms with van der Waals surface area (Å²) in [7, 11) is 0. The van der Waals surface area contributed by atoms with Crippen LogP contribution in [0.15, 0.2) is 18.5 Å². The number of aryl methyl sites for hydroxylation is 1. The van der Waals surface area contributed by atoms with E-state index in [0.29, 0.717) is 0 Å². The van der Waals surface area contributed by atoms with Crippen molar-refractivity contribution in [2.75, 3.05) is 6.54 Å². The Balaban J connectivity index is 2.92. The molecule has 0 radical (unpaired) electrons. The number of pyridine rings is 1. The molecule has 0 saturated heterocycles. The molecule has 0 fully saturated rings. The summed E-state index contributed by atoms with van der Waals surface area (Å²) in [6.45, 7) is 4.75. The first-order valence-corrected chi connectivity index (χ1v) is 4.33. The van der Waals surface area contributed by atoms with Crippen LogP contribution in [0.5, 0.6) is 0 Å². The molecule has 0 aliphatic rings. The quantitative estimate of drug-likeness (QED) is 0.758. The largest absolute Gasteiger partial charge is 0.298 e. The molecule has 1 N–H and O–H groups in total. The molecule has 1 rings (SSSR count). The maximum Gasteiger partial charge on any atom is 0.123 e. The summed E-state index contributed by atoms with van der Waals surface area (Å²) in [5.41, 5.74) is 2.06. The van der Waals surface area contributed by atoms with E-state index in [1.807, 2.05) is 19.9 Å². The van der Waals surface area contributed by atoms with E-state index in [0.717, 1.165) is 17.7 Å². The number of nitrogens with one attached hydrogen (secondary N) is 1. The lowest BCUT2D eigenvalue weighted by Crippen LogP contribution is -2.20. The van der Waals surface area contributed by atoms with Gasteiger partial charge in [-0.1, -0.05) is 6.92 Å². The maximum atomic E-state index is 8.89. The van der Waals surface area contributed by atoms with Gasteiger partial charge in [0.15, 0.2) is 0 Å². The average molecular weight is 175 g/mol. The van der Waals surface area contributed by atoms with Crippen molar-refractivity contribution in [3.8, 4) is 6.07 Å². The molecule has 68 valence electrons. The van der Waals surface area contributed by atoms with Gasteiger partial charge in [0.05, 0.1) is 6.07 Å². The minimum absolute atomic E-state index is 0.237. The van der Waals surface area contributed by atoms with Crippen molar-refractivity contribution in [1.82, 2.24) is 10.3 Å². The van der Waals surface area contributed by atoms with Gasteiger partial charge in [-0.05, 0) is 25.1 Å². The van der Waals surface area contributed by atoms with E-state index in [2.05, 4.69) is 16.4 Å². The van der Waals surface area contributed by atoms with Gasteiger partial charge in [-0.3, -0.25) is 10.3 Å². The number of nitrogens with zero attached hydrogens (tertiary/aromatic N) is 2. The van der Waals surface area contributed by atoms with Gasteiger partial charge in [0.1, 0.15) is 6.04 Å². The number of nitriles is 1. The number of hydrogen-bond acceptors (Lipinski definition) is 3. The summed E-state index contributed by atoms with van der Waals surface area (Å²) < 4.78 is 0. The zero-order chi connectivity index (χ0) is 9.68. The van der Waals surface area contributed by atoms with Crippen molar-refractivity contribution in [2.24, 2.45) is 0 Å².